The lowest BCUT2D eigenvalue weighted by molar-refractivity contribution is 0.418. The van der Waals surface area contributed by atoms with Gasteiger partial charge in [-0.25, -0.2) is 8.78 Å². The Kier molecular flexibility index (Phi) is 3.54. The number of pyridine rings is 1. The van der Waals surface area contributed by atoms with Crippen molar-refractivity contribution in [2.45, 2.75) is 0 Å². The Morgan fingerprint density at radius 3 is 2.44 bits per heavy atom. The van der Waals surface area contributed by atoms with Crippen molar-refractivity contribution >= 4 is 29.0 Å². The molecule has 0 atom stereocenters. The van der Waals surface area contributed by atoms with Gasteiger partial charge < -0.3 is 10.5 Å². The maximum Gasteiger partial charge on any atom is 0.258 e. The number of hydrogen-bond donors (Lipinski definition) is 1. The fraction of sp³-hybridized carbons (Fsp3) is 0. The van der Waals surface area contributed by atoms with E-state index >= 15 is 0 Å². The standard InChI is InChI=1S/C11H6Cl2F2N2O/c12-6-2-1-5(3-7(6)13)18-11-9(15)4-8(14)10(16)17-11/h1-4H,(H2,16,17). The third kappa shape index (κ3) is 2.63. The number of anilines is 1. The molecule has 2 N–H and O–H groups in total. The molecule has 0 aliphatic carbocycles. The van der Waals surface area contributed by atoms with Crippen molar-refractivity contribution in [1.29, 1.82) is 0 Å². The highest BCUT2D eigenvalue weighted by molar-refractivity contribution is 6.42. The number of nitrogens with zero attached hydrogens (tertiary/aromatic N) is 1. The van der Waals surface area contributed by atoms with Crippen LogP contribution in [0.15, 0.2) is 24.3 Å². The lowest BCUT2D eigenvalue weighted by Crippen LogP contribution is -2.00. The Morgan fingerprint density at radius 2 is 1.78 bits per heavy atom. The number of nitrogen functional groups attached to an aromatic ring is 1. The molecule has 0 saturated carbocycles. The fourth-order valence-electron chi connectivity index (χ4n) is 1.19. The van der Waals surface area contributed by atoms with Gasteiger partial charge in [-0.3, -0.25) is 0 Å². The number of rotatable bonds is 2. The Bertz CT molecular complexity index is 608. The van der Waals surface area contributed by atoms with Gasteiger partial charge in [0.25, 0.3) is 5.88 Å². The van der Waals surface area contributed by atoms with Gasteiger partial charge in [0.05, 0.1) is 10.0 Å². The van der Waals surface area contributed by atoms with Gasteiger partial charge in [0, 0.05) is 12.1 Å². The second-order valence-electron chi connectivity index (χ2n) is 3.32. The SMILES string of the molecule is Nc1nc(Oc2ccc(Cl)c(Cl)c2)c(F)cc1F. The first-order chi connectivity index (χ1) is 8.47. The zero-order valence-electron chi connectivity index (χ0n) is 8.75. The minimum absolute atomic E-state index is 0.210. The molecule has 1 aromatic carbocycles. The quantitative estimate of drug-likeness (QED) is 0.908. The topological polar surface area (TPSA) is 48.1 Å². The summed E-state index contributed by atoms with van der Waals surface area (Å²) in [5, 5.41) is 0.570. The fourth-order valence-corrected chi connectivity index (χ4v) is 1.47. The van der Waals surface area contributed by atoms with Crippen molar-refractivity contribution in [1.82, 2.24) is 4.98 Å². The summed E-state index contributed by atoms with van der Waals surface area (Å²) in [4.78, 5) is 3.45. The van der Waals surface area contributed by atoms with E-state index < -0.39 is 23.3 Å². The second kappa shape index (κ2) is 4.96. The van der Waals surface area contributed by atoms with Crippen LogP contribution < -0.4 is 10.5 Å². The van der Waals surface area contributed by atoms with E-state index in [9.17, 15) is 8.78 Å². The highest BCUT2D eigenvalue weighted by Gasteiger charge is 2.12. The maximum atomic E-state index is 13.4. The molecule has 0 unspecified atom stereocenters. The summed E-state index contributed by atoms with van der Waals surface area (Å²) in [6.07, 6.45) is 0. The zero-order chi connectivity index (χ0) is 13.3. The Morgan fingerprint density at radius 1 is 1.06 bits per heavy atom. The van der Waals surface area contributed by atoms with Crippen molar-refractivity contribution in [2.75, 3.05) is 5.73 Å². The van der Waals surface area contributed by atoms with Crippen LogP contribution >= 0.6 is 23.2 Å². The molecule has 0 spiro atoms. The van der Waals surface area contributed by atoms with Crippen molar-refractivity contribution in [3.63, 3.8) is 0 Å². The zero-order valence-corrected chi connectivity index (χ0v) is 10.3. The van der Waals surface area contributed by atoms with Crippen LogP contribution in [0, 0.1) is 11.6 Å². The van der Waals surface area contributed by atoms with E-state index in [-0.39, 0.29) is 10.8 Å². The second-order valence-corrected chi connectivity index (χ2v) is 4.13. The highest BCUT2D eigenvalue weighted by Crippen LogP contribution is 2.30. The molecule has 7 heteroatoms. The van der Waals surface area contributed by atoms with E-state index in [4.69, 9.17) is 33.7 Å². The molecule has 0 fully saturated rings. The van der Waals surface area contributed by atoms with Crippen LogP contribution in [0.4, 0.5) is 14.6 Å². The average molecular weight is 291 g/mol. The molecule has 1 aromatic heterocycles. The van der Waals surface area contributed by atoms with Gasteiger partial charge in [-0.2, -0.15) is 4.98 Å². The molecule has 0 bridgehead atoms. The number of ether oxygens (including phenoxy) is 1. The predicted molar refractivity (Wildman–Crippen MR) is 65.1 cm³/mol. The number of aromatic nitrogens is 1. The van der Waals surface area contributed by atoms with Gasteiger partial charge in [-0.05, 0) is 12.1 Å². The minimum atomic E-state index is -0.965. The van der Waals surface area contributed by atoms with E-state index in [0.29, 0.717) is 11.1 Å². The Hall–Kier alpha value is -1.59. The number of benzene rings is 1. The Labute approximate surface area is 111 Å². The highest BCUT2D eigenvalue weighted by atomic mass is 35.5. The average Bonchev–Trinajstić information content (AvgIpc) is 2.31. The van der Waals surface area contributed by atoms with Gasteiger partial charge in [0.15, 0.2) is 17.5 Å². The third-order valence-electron chi connectivity index (χ3n) is 2.03. The lowest BCUT2D eigenvalue weighted by atomic mass is 10.3. The van der Waals surface area contributed by atoms with Crippen LogP contribution in [0.25, 0.3) is 0 Å². The minimum Gasteiger partial charge on any atom is -0.436 e. The van der Waals surface area contributed by atoms with Gasteiger partial charge in [-0.15, -0.1) is 0 Å². The number of halogens is 4. The molecule has 2 rings (SSSR count). The van der Waals surface area contributed by atoms with Crippen molar-refractivity contribution in [2.24, 2.45) is 0 Å². The molecule has 0 saturated heterocycles. The molecule has 1 heterocycles. The summed E-state index contributed by atoms with van der Waals surface area (Å²) in [5.41, 5.74) is 5.22. The van der Waals surface area contributed by atoms with E-state index in [0.717, 1.165) is 0 Å². The maximum absolute atomic E-state index is 13.4. The van der Waals surface area contributed by atoms with Crippen LogP contribution in [0.1, 0.15) is 0 Å². The van der Waals surface area contributed by atoms with E-state index in [1.54, 1.807) is 0 Å². The largest absolute Gasteiger partial charge is 0.436 e. The molecule has 18 heavy (non-hydrogen) atoms. The number of hydrogen-bond acceptors (Lipinski definition) is 3. The normalized spacial score (nSPS) is 10.4. The smallest absolute Gasteiger partial charge is 0.258 e. The summed E-state index contributed by atoms with van der Waals surface area (Å²) in [6, 6.07) is 4.92. The van der Waals surface area contributed by atoms with Crippen LogP contribution in [0.3, 0.4) is 0 Å². The van der Waals surface area contributed by atoms with E-state index in [2.05, 4.69) is 4.98 Å². The molecule has 0 aliphatic heterocycles. The van der Waals surface area contributed by atoms with Crippen molar-refractivity contribution < 1.29 is 13.5 Å². The summed E-state index contributed by atoms with van der Waals surface area (Å²) >= 11 is 11.5. The molecule has 94 valence electrons. The predicted octanol–water partition coefficient (Wildman–Crippen LogP) is 4.04. The van der Waals surface area contributed by atoms with Crippen molar-refractivity contribution in [3.05, 3.63) is 45.9 Å². The monoisotopic (exact) mass is 290 g/mol. The molecule has 0 radical (unpaired) electrons. The summed E-state index contributed by atoms with van der Waals surface area (Å²) in [6.45, 7) is 0. The number of nitrogens with two attached hydrogens (primary N) is 1. The van der Waals surface area contributed by atoms with Crippen LogP contribution in [-0.2, 0) is 0 Å². The van der Waals surface area contributed by atoms with Crippen LogP contribution in [0.5, 0.6) is 11.6 Å². The van der Waals surface area contributed by atoms with Gasteiger partial charge in [-0.1, -0.05) is 23.2 Å². The first kappa shape index (κ1) is 12.9. The molecule has 0 aliphatic rings. The summed E-state index contributed by atoms with van der Waals surface area (Å²) in [5.74, 6) is -2.60. The molecule has 2 aromatic rings. The Balaban J connectivity index is 2.34. The molecule has 3 nitrogen and oxygen atoms in total. The van der Waals surface area contributed by atoms with E-state index in [1.807, 2.05) is 0 Å². The van der Waals surface area contributed by atoms with E-state index in [1.165, 1.54) is 18.2 Å². The summed E-state index contributed by atoms with van der Waals surface area (Å²) < 4.78 is 31.4. The first-order valence-electron chi connectivity index (χ1n) is 4.72. The van der Waals surface area contributed by atoms with Gasteiger partial charge in [0.2, 0.25) is 0 Å². The first-order valence-corrected chi connectivity index (χ1v) is 5.47. The van der Waals surface area contributed by atoms with Crippen LogP contribution in [0.2, 0.25) is 10.0 Å². The third-order valence-corrected chi connectivity index (χ3v) is 2.77. The summed E-state index contributed by atoms with van der Waals surface area (Å²) in [7, 11) is 0. The molecular formula is C11H6Cl2F2N2O. The molecular weight excluding hydrogens is 285 g/mol. The lowest BCUT2D eigenvalue weighted by Gasteiger charge is -2.07. The van der Waals surface area contributed by atoms with Gasteiger partial charge in [0.1, 0.15) is 5.75 Å². The molecule has 0 amide bonds. The van der Waals surface area contributed by atoms with Crippen LogP contribution in [-0.4, -0.2) is 4.98 Å². The van der Waals surface area contributed by atoms with Gasteiger partial charge >= 0.3 is 0 Å². The van der Waals surface area contributed by atoms with Crippen molar-refractivity contribution in [3.8, 4) is 11.6 Å².